The lowest BCUT2D eigenvalue weighted by atomic mass is 9.70. The van der Waals surface area contributed by atoms with Crippen molar-refractivity contribution in [1.29, 1.82) is 0 Å². The van der Waals surface area contributed by atoms with E-state index in [1.54, 1.807) is 0 Å². The first-order valence-electron chi connectivity index (χ1n) is 23.4. The van der Waals surface area contributed by atoms with E-state index in [4.69, 9.17) is 0 Å². The Morgan fingerprint density at radius 3 is 1.05 bits per heavy atom. The van der Waals surface area contributed by atoms with Crippen molar-refractivity contribution < 1.29 is 0 Å². The Morgan fingerprint density at radius 1 is 0.258 bits per heavy atom. The van der Waals surface area contributed by atoms with Crippen molar-refractivity contribution in [2.45, 2.75) is 30.1 Å². The van der Waals surface area contributed by atoms with Crippen molar-refractivity contribution in [2.24, 2.45) is 0 Å². The first-order chi connectivity index (χ1) is 32.5. The molecule has 0 saturated heterocycles. The monoisotopic (exact) mass is 837 g/mol. The van der Waals surface area contributed by atoms with Gasteiger partial charge in [0, 0.05) is 22.4 Å². The van der Waals surface area contributed by atoms with E-state index in [-0.39, 0.29) is 5.41 Å². The highest BCUT2D eigenvalue weighted by atomic mass is 15.1. The molecule has 5 aliphatic rings. The number of hydrogen-bond donors (Lipinski definition) is 0. The molecule has 0 radical (unpaired) electrons. The zero-order chi connectivity index (χ0) is 43.5. The fourth-order valence-electron chi connectivity index (χ4n) is 13.8. The Labute approximate surface area is 386 Å². The first-order valence-corrected chi connectivity index (χ1v) is 23.4. The minimum atomic E-state index is -0.463. The average molecular weight is 838 g/mol. The van der Waals surface area contributed by atoms with E-state index >= 15 is 0 Å². The Morgan fingerprint density at radius 2 is 0.576 bits per heavy atom. The molecule has 0 amide bonds. The van der Waals surface area contributed by atoms with Crippen molar-refractivity contribution >= 4 is 17.1 Å². The van der Waals surface area contributed by atoms with Crippen LogP contribution in [0.5, 0.6) is 0 Å². The predicted octanol–water partition coefficient (Wildman–Crippen LogP) is 16.1. The van der Waals surface area contributed by atoms with E-state index in [0.717, 1.165) is 11.4 Å². The van der Waals surface area contributed by atoms with Crippen LogP contribution in [-0.2, 0) is 16.2 Å². The van der Waals surface area contributed by atoms with Crippen molar-refractivity contribution in [3.8, 4) is 55.6 Å². The van der Waals surface area contributed by atoms with Gasteiger partial charge >= 0.3 is 0 Å². The SMILES string of the molecule is CC1(C)c2ccccc2-c2ccc(N(c3ccc4c(c3)C3(c5ccccc5-c5ccccc53)c3ccccc3-4)c3cccc4c3-c3ccccc3C43c4ccccc4-c4ccccc43)cc21. The smallest absolute Gasteiger partial charge is 0.0726 e. The molecule has 1 heteroatoms. The quantitative estimate of drug-likeness (QED) is 0.171. The fourth-order valence-corrected chi connectivity index (χ4v) is 13.8. The van der Waals surface area contributed by atoms with E-state index < -0.39 is 10.8 Å². The maximum atomic E-state index is 2.60. The highest BCUT2D eigenvalue weighted by Crippen LogP contribution is 2.66. The third-order valence-electron chi connectivity index (χ3n) is 16.3. The molecule has 0 aromatic heterocycles. The summed E-state index contributed by atoms with van der Waals surface area (Å²) < 4.78 is 0. The summed E-state index contributed by atoms with van der Waals surface area (Å²) in [5, 5.41) is 0. The lowest BCUT2D eigenvalue weighted by Crippen LogP contribution is -2.26. The molecule has 1 nitrogen and oxygen atoms in total. The van der Waals surface area contributed by atoms with E-state index in [9.17, 15) is 0 Å². The molecule has 0 fully saturated rings. The summed E-state index contributed by atoms with van der Waals surface area (Å²) in [5.74, 6) is 0. The van der Waals surface area contributed by atoms with Gasteiger partial charge in [-0.05, 0) is 136 Å². The summed E-state index contributed by atoms with van der Waals surface area (Å²) in [5.41, 5.74) is 29.1. The summed E-state index contributed by atoms with van der Waals surface area (Å²) in [6.45, 7) is 4.79. The topological polar surface area (TPSA) is 3.24 Å². The van der Waals surface area contributed by atoms with Gasteiger partial charge in [-0.1, -0.05) is 208 Å². The second-order valence-corrected chi connectivity index (χ2v) is 19.4. The molecule has 0 unspecified atom stereocenters. The molecule has 10 aromatic carbocycles. The molecule has 2 spiro atoms. The van der Waals surface area contributed by atoms with Crippen LogP contribution in [0.2, 0.25) is 0 Å². The van der Waals surface area contributed by atoms with Gasteiger partial charge in [0.2, 0.25) is 0 Å². The fraction of sp³-hybridized carbons (Fsp3) is 0.0769. The van der Waals surface area contributed by atoms with Gasteiger partial charge in [-0.15, -0.1) is 0 Å². The summed E-state index contributed by atoms with van der Waals surface area (Å²) in [6, 6.07) is 85.6. The van der Waals surface area contributed by atoms with Gasteiger partial charge in [-0.2, -0.15) is 0 Å². The number of nitrogens with zero attached hydrogens (tertiary/aromatic N) is 1. The molecule has 10 aromatic rings. The highest BCUT2D eigenvalue weighted by Gasteiger charge is 2.54. The molecule has 15 rings (SSSR count). The molecule has 5 aliphatic carbocycles. The van der Waals surface area contributed by atoms with E-state index in [1.165, 1.54) is 117 Å². The van der Waals surface area contributed by atoms with Crippen molar-refractivity contribution in [2.75, 3.05) is 4.90 Å². The summed E-state index contributed by atoms with van der Waals surface area (Å²) >= 11 is 0. The van der Waals surface area contributed by atoms with Crippen molar-refractivity contribution in [1.82, 2.24) is 0 Å². The van der Waals surface area contributed by atoms with Crippen LogP contribution in [0.1, 0.15) is 69.5 Å². The zero-order valence-corrected chi connectivity index (χ0v) is 36.8. The maximum Gasteiger partial charge on any atom is 0.0726 e. The molecule has 0 saturated carbocycles. The van der Waals surface area contributed by atoms with E-state index in [1.807, 2.05) is 0 Å². The summed E-state index contributed by atoms with van der Waals surface area (Å²) in [6.07, 6.45) is 0. The molecular formula is C65H43N. The van der Waals surface area contributed by atoms with Gasteiger partial charge in [-0.3, -0.25) is 0 Å². The molecule has 0 heterocycles. The second kappa shape index (κ2) is 12.6. The van der Waals surface area contributed by atoms with Gasteiger partial charge < -0.3 is 4.90 Å². The number of anilines is 3. The first kappa shape index (κ1) is 36.4. The van der Waals surface area contributed by atoms with Crippen LogP contribution in [0, 0.1) is 0 Å². The van der Waals surface area contributed by atoms with Crippen molar-refractivity contribution in [3.05, 3.63) is 280 Å². The number of rotatable bonds is 3. The number of fused-ring (bicyclic) bond motifs is 23. The lowest BCUT2D eigenvalue weighted by Gasteiger charge is -2.34. The van der Waals surface area contributed by atoms with E-state index in [2.05, 4.69) is 243 Å². The van der Waals surface area contributed by atoms with Crippen molar-refractivity contribution in [3.63, 3.8) is 0 Å². The lowest BCUT2D eigenvalue weighted by molar-refractivity contribution is 0.660. The van der Waals surface area contributed by atoms with E-state index in [0.29, 0.717) is 0 Å². The standard InChI is InChI=1S/C65H43N/c1-63(2)51-25-10-3-18-42(51)48-36-34-40(38-59(48)63)66(41-35-37-49-47-23-8-15-30-56(47)65(60(49)39-41)54-28-13-6-21-45(54)46-22-7-14-29-55(46)65)61-33-17-32-58-62(61)50-24-9-16-31-57(50)64(58)52-26-11-4-19-43(52)44-20-5-12-27-53(44)64/h3-39H,1-2H3. The minimum absolute atomic E-state index is 0.166. The Hall–Kier alpha value is -8.00. The minimum Gasteiger partial charge on any atom is -0.310 e. The third-order valence-corrected chi connectivity index (χ3v) is 16.3. The van der Waals surface area contributed by atoms with Crippen LogP contribution in [0.15, 0.2) is 224 Å². The van der Waals surface area contributed by atoms with Crippen LogP contribution >= 0.6 is 0 Å². The largest absolute Gasteiger partial charge is 0.310 e. The van der Waals surface area contributed by atoms with Gasteiger partial charge in [-0.25, -0.2) is 0 Å². The van der Waals surface area contributed by atoms with Gasteiger partial charge in [0.05, 0.1) is 16.5 Å². The normalized spacial score (nSPS) is 15.5. The van der Waals surface area contributed by atoms with Crippen LogP contribution < -0.4 is 4.90 Å². The Bertz CT molecular complexity index is 3660. The molecule has 66 heavy (non-hydrogen) atoms. The van der Waals surface area contributed by atoms with Crippen LogP contribution in [-0.4, -0.2) is 0 Å². The molecule has 0 atom stereocenters. The average Bonchev–Trinajstić information content (AvgIpc) is 4.10. The molecule has 0 N–H and O–H groups in total. The molecule has 0 bridgehead atoms. The van der Waals surface area contributed by atoms with Gasteiger partial charge in [0.25, 0.3) is 0 Å². The number of hydrogen-bond acceptors (Lipinski definition) is 1. The third kappa shape index (κ3) is 4.19. The predicted molar refractivity (Wildman–Crippen MR) is 271 cm³/mol. The molecule has 308 valence electrons. The Balaban J connectivity index is 1.04. The highest BCUT2D eigenvalue weighted by molar-refractivity contribution is 6.03. The van der Waals surface area contributed by atoms with Crippen LogP contribution in [0.4, 0.5) is 17.1 Å². The van der Waals surface area contributed by atoms with Gasteiger partial charge in [0.1, 0.15) is 0 Å². The zero-order valence-electron chi connectivity index (χ0n) is 36.8. The molecule has 0 aliphatic heterocycles. The molecular weight excluding hydrogens is 795 g/mol. The summed E-state index contributed by atoms with van der Waals surface area (Å²) in [7, 11) is 0. The maximum absolute atomic E-state index is 2.60. The summed E-state index contributed by atoms with van der Waals surface area (Å²) in [4.78, 5) is 2.60. The number of benzene rings is 10. The van der Waals surface area contributed by atoms with Crippen LogP contribution in [0.25, 0.3) is 55.6 Å². The van der Waals surface area contributed by atoms with Gasteiger partial charge in [0.15, 0.2) is 0 Å². The van der Waals surface area contributed by atoms with Crippen LogP contribution in [0.3, 0.4) is 0 Å². The Kier molecular flexibility index (Phi) is 6.95. The second-order valence-electron chi connectivity index (χ2n) is 19.4.